The van der Waals surface area contributed by atoms with Crippen molar-refractivity contribution in [3.05, 3.63) is 58.1 Å². The first kappa shape index (κ1) is 15.7. The van der Waals surface area contributed by atoms with Gasteiger partial charge in [-0.05, 0) is 36.6 Å². The first-order valence-corrected chi connectivity index (χ1v) is 7.16. The molecule has 112 valence electrons. The third kappa shape index (κ3) is 3.31. The molecule has 4 heteroatoms. The average molecular weight is 306 g/mol. The van der Waals surface area contributed by atoms with Gasteiger partial charge in [0.15, 0.2) is 0 Å². The average Bonchev–Trinajstić information content (AvgIpc) is 2.49. The molecule has 1 unspecified atom stereocenters. The van der Waals surface area contributed by atoms with Gasteiger partial charge < -0.3 is 15.2 Å². The maximum Gasteiger partial charge on any atom is 0.146 e. The van der Waals surface area contributed by atoms with E-state index in [1.54, 1.807) is 14.2 Å². The van der Waals surface area contributed by atoms with Crippen LogP contribution in [0.25, 0.3) is 0 Å². The maximum atomic E-state index is 6.35. The standard InChI is InChI=1S/C17H20ClNO2/c1-11-6-4-5-7-12(11)10-14(19)13-8-9-15(20-2)16(18)17(13)21-3/h4-9,14H,10,19H2,1-3H3. The number of halogens is 1. The summed E-state index contributed by atoms with van der Waals surface area (Å²) in [6.45, 7) is 2.08. The fourth-order valence-corrected chi connectivity index (χ4v) is 2.72. The van der Waals surface area contributed by atoms with Crippen LogP contribution in [0.5, 0.6) is 11.5 Å². The van der Waals surface area contributed by atoms with E-state index in [0.717, 1.165) is 12.0 Å². The van der Waals surface area contributed by atoms with Gasteiger partial charge in [0, 0.05) is 11.6 Å². The molecule has 0 aromatic heterocycles. The van der Waals surface area contributed by atoms with Crippen LogP contribution in [0, 0.1) is 6.92 Å². The Bertz CT molecular complexity index is 628. The van der Waals surface area contributed by atoms with Gasteiger partial charge in [-0.15, -0.1) is 0 Å². The Balaban J connectivity index is 2.33. The minimum absolute atomic E-state index is 0.190. The number of ether oxygens (including phenoxy) is 2. The van der Waals surface area contributed by atoms with E-state index in [4.69, 9.17) is 26.8 Å². The highest BCUT2D eigenvalue weighted by atomic mass is 35.5. The van der Waals surface area contributed by atoms with Crippen molar-refractivity contribution < 1.29 is 9.47 Å². The van der Waals surface area contributed by atoms with Crippen molar-refractivity contribution in [1.82, 2.24) is 0 Å². The molecule has 21 heavy (non-hydrogen) atoms. The first-order chi connectivity index (χ1) is 10.1. The van der Waals surface area contributed by atoms with E-state index in [9.17, 15) is 0 Å². The Kier molecular flexibility index (Phi) is 5.10. The van der Waals surface area contributed by atoms with E-state index in [0.29, 0.717) is 16.5 Å². The summed E-state index contributed by atoms with van der Waals surface area (Å²) in [6, 6.07) is 11.8. The van der Waals surface area contributed by atoms with Crippen LogP contribution >= 0.6 is 11.6 Å². The van der Waals surface area contributed by atoms with E-state index >= 15 is 0 Å². The molecule has 0 radical (unpaired) electrons. The van der Waals surface area contributed by atoms with Crippen LogP contribution in [0.3, 0.4) is 0 Å². The van der Waals surface area contributed by atoms with Crippen molar-refractivity contribution in [3.63, 3.8) is 0 Å². The molecule has 0 bridgehead atoms. The van der Waals surface area contributed by atoms with E-state index in [1.165, 1.54) is 11.1 Å². The normalized spacial score (nSPS) is 12.0. The summed E-state index contributed by atoms with van der Waals surface area (Å²) in [4.78, 5) is 0. The summed E-state index contributed by atoms with van der Waals surface area (Å²) in [5.74, 6) is 1.16. The van der Waals surface area contributed by atoms with Crippen LogP contribution in [0.15, 0.2) is 36.4 Å². The molecule has 1 atom stereocenters. The molecule has 0 saturated carbocycles. The molecule has 0 aliphatic carbocycles. The minimum atomic E-state index is -0.190. The van der Waals surface area contributed by atoms with Crippen molar-refractivity contribution in [3.8, 4) is 11.5 Å². The van der Waals surface area contributed by atoms with E-state index in [-0.39, 0.29) is 6.04 Å². The first-order valence-electron chi connectivity index (χ1n) is 6.79. The predicted molar refractivity (Wildman–Crippen MR) is 86.4 cm³/mol. The van der Waals surface area contributed by atoms with Gasteiger partial charge >= 0.3 is 0 Å². The monoisotopic (exact) mass is 305 g/mol. The van der Waals surface area contributed by atoms with E-state index < -0.39 is 0 Å². The fraction of sp³-hybridized carbons (Fsp3) is 0.294. The lowest BCUT2D eigenvalue weighted by molar-refractivity contribution is 0.388. The van der Waals surface area contributed by atoms with Gasteiger partial charge in [0.25, 0.3) is 0 Å². The van der Waals surface area contributed by atoms with Crippen molar-refractivity contribution in [2.24, 2.45) is 5.73 Å². The number of aryl methyl sites for hydroxylation is 1. The van der Waals surface area contributed by atoms with Crippen molar-refractivity contribution >= 4 is 11.6 Å². The third-order valence-corrected chi connectivity index (χ3v) is 3.97. The Labute approximate surface area is 130 Å². The largest absolute Gasteiger partial charge is 0.495 e. The lowest BCUT2D eigenvalue weighted by Crippen LogP contribution is -2.15. The molecular weight excluding hydrogens is 286 g/mol. The maximum absolute atomic E-state index is 6.35. The van der Waals surface area contributed by atoms with Gasteiger partial charge in [0.1, 0.15) is 16.5 Å². The SMILES string of the molecule is COc1ccc(C(N)Cc2ccccc2C)c(OC)c1Cl. The van der Waals surface area contributed by atoms with Gasteiger partial charge in [-0.1, -0.05) is 35.9 Å². The summed E-state index contributed by atoms with van der Waals surface area (Å²) < 4.78 is 10.6. The molecule has 0 aliphatic rings. The van der Waals surface area contributed by atoms with Crippen LogP contribution < -0.4 is 15.2 Å². The van der Waals surface area contributed by atoms with E-state index in [1.807, 2.05) is 24.3 Å². The Hall–Kier alpha value is -1.71. The quantitative estimate of drug-likeness (QED) is 0.911. The summed E-state index contributed by atoms with van der Waals surface area (Å²) in [5, 5.41) is 0.456. The van der Waals surface area contributed by atoms with Gasteiger partial charge in [-0.2, -0.15) is 0 Å². The van der Waals surface area contributed by atoms with E-state index in [2.05, 4.69) is 19.1 Å². The zero-order chi connectivity index (χ0) is 15.4. The molecule has 0 fully saturated rings. The molecule has 2 aromatic rings. The lowest BCUT2D eigenvalue weighted by Gasteiger charge is -2.19. The number of benzene rings is 2. The lowest BCUT2D eigenvalue weighted by atomic mass is 9.96. The topological polar surface area (TPSA) is 44.5 Å². The smallest absolute Gasteiger partial charge is 0.146 e. The molecule has 2 aromatic carbocycles. The second-order valence-electron chi connectivity index (χ2n) is 4.94. The number of hydrogen-bond acceptors (Lipinski definition) is 3. The fourth-order valence-electron chi connectivity index (χ4n) is 2.40. The summed E-state index contributed by atoms with van der Waals surface area (Å²) in [7, 11) is 3.16. The van der Waals surface area contributed by atoms with Gasteiger partial charge in [-0.25, -0.2) is 0 Å². The van der Waals surface area contributed by atoms with Gasteiger partial charge in [0.05, 0.1) is 14.2 Å². The van der Waals surface area contributed by atoms with Crippen molar-refractivity contribution in [2.45, 2.75) is 19.4 Å². The highest BCUT2D eigenvalue weighted by molar-refractivity contribution is 6.33. The number of methoxy groups -OCH3 is 2. The molecule has 2 N–H and O–H groups in total. The predicted octanol–water partition coefficient (Wildman–Crippen LogP) is 3.91. The second kappa shape index (κ2) is 6.83. The van der Waals surface area contributed by atoms with Crippen LogP contribution in [-0.4, -0.2) is 14.2 Å². The zero-order valence-corrected chi connectivity index (χ0v) is 13.3. The van der Waals surface area contributed by atoms with Crippen LogP contribution in [-0.2, 0) is 6.42 Å². The molecule has 3 nitrogen and oxygen atoms in total. The third-order valence-electron chi connectivity index (χ3n) is 3.62. The molecule has 0 spiro atoms. The molecule has 0 amide bonds. The minimum Gasteiger partial charge on any atom is -0.495 e. The molecular formula is C17H20ClNO2. The van der Waals surface area contributed by atoms with Gasteiger partial charge in [-0.3, -0.25) is 0 Å². The molecule has 0 heterocycles. The highest BCUT2D eigenvalue weighted by Crippen LogP contribution is 2.39. The summed E-state index contributed by atoms with van der Waals surface area (Å²) in [6.07, 6.45) is 0.728. The zero-order valence-electron chi connectivity index (χ0n) is 12.5. The number of hydrogen-bond donors (Lipinski definition) is 1. The Morgan fingerprint density at radius 3 is 2.43 bits per heavy atom. The molecule has 0 saturated heterocycles. The van der Waals surface area contributed by atoms with Crippen LogP contribution in [0.1, 0.15) is 22.7 Å². The summed E-state index contributed by atoms with van der Waals surface area (Å²) in [5.41, 5.74) is 9.68. The Morgan fingerprint density at radius 2 is 1.81 bits per heavy atom. The van der Waals surface area contributed by atoms with Crippen molar-refractivity contribution in [1.29, 1.82) is 0 Å². The van der Waals surface area contributed by atoms with Crippen LogP contribution in [0.2, 0.25) is 5.02 Å². The van der Waals surface area contributed by atoms with Gasteiger partial charge in [0.2, 0.25) is 0 Å². The number of nitrogens with two attached hydrogens (primary N) is 1. The highest BCUT2D eigenvalue weighted by Gasteiger charge is 2.18. The number of rotatable bonds is 5. The Morgan fingerprint density at radius 1 is 1.10 bits per heavy atom. The molecule has 2 rings (SSSR count). The second-order valence-corrected chi connectivity index (χ2v) is 5.32. The molecule has 0 aliphatic heterocycles. The van der Waals surface area contributed by atoms with Crippen molar-refractivity contribution in [2.75, 3.05) is 14.2 Å². The van der Waals surface area contributed by atoms with Crippen LogP contribution in [0.4, 0.5) is 0 Å². The summed E-state index contributed by atoms with van der Waals surface area (Å²) >= 11 is 6.29.